The lowest BCUT2D eigenvalue weighted by atomic mass is 9.96. The number of anilines is 1. The maximum absolute atomic E-state index is 11.7. The molecule has 2 rings (SSSR count). The lowest BCUT2D eigenvalue weighted by molar-refractivity contribution is 0.0602. The number of carbonyl (C=O) groups excluding carboxylic acids is 1. The van der Waals surface area contributed by atoms with Gasteiger partial charge in [0.1, 0.15) is 5.00 Å². The van der Waals surface area contributed by atoms with Gasteiger partial charge in [-0.1, -0.05) is 19.3 Å². The predicted molar refractivity (Wildman–Crippen MR) is 86.6 cm³/mol. The Bertz CT molecular complexity index is 493. The number of ether oxygens (including phenoxy) is 1. The summed E-state index contributed by atoms with van der Waals surface area (Å²) in [5.41, 5.74) is 0.544. The van der Waals surface area contributed by atoms with E-state index >= 15 is 0 Å². The maximum atomic E-state index is 11.7. The van der Waals surface area contributed by atoms with Crippen molar-refractivity contribution in [2.75, 3.05) is 12.4 Å². The molecule has 0 amide bonds. The Morgan fingerprint density at radius 1 is 1.40 bits per heavy atom. The van der Waals surface area contributed by atoms with E-state index in [1.54, 1.807) is 0 Å². The van der Waals surface area contributed by atoms with Crippen LogP contribution in [0, 0.1) is 6.92 Å². The van der Waals surface area contributed by atoms with Crippen LogP contribution in [0.1, 0.15) is 47.3 Å². The van der Waals surface area contributed by atoms with Crippen molar-refractivity contribution in [1.82, 2.24) is 5.32 Å². The highest BCUT2D eigenvalue weighted by Crippen LogP contribution is 2.28. The monoisotopic (exact) mass is 312 g/mol. The zero-order valence-electron chi connectivity index (χ0n) is 11.8. The molecule has 0 aliphatic heterocycles. The summed E-state index contributed by atoms with van der Waals surface area (Å²) in [5.74, 6) is -0.336. The molecule has 4 nitrogen and oxygen atoms in total. The fourth-order valence-corrected chi connectivity index (χ4v) is 3.68. The van der Waals surface area contributed by atoms with Crippen molar-refractivity contribution in [1.29, 1.82) is 0 Å². The number of esters is 1. The molecule has 0 unspecified atom stereocenters. The summed E-state index contributed by atoms with van der Waals surface area (Å²) in [5, 5.41) is 7.81. The third-order valence-corrected chi connectivity index (χ3v) is 4.61. The summed E-state index contributed by atoms with van der Waals surface area (Å²) in [6, 6.07) is 2.27. The van der Waals surface area contributed by atoms with E-state index in [9.17, 15) is 4.79 Å². The van der Waals surface area contributed by atoms with Crippen LogP contribution in [0.2, 0.25) is 0 Å². The van der Waals surface area contributed by atoms with E-state index in [-0.39, 0.29) is 5.97 Å². The van der Waals surface area contributed by atoms with E-state index in [1.807, 2.05) is 13.0 Å². The predicted octanol–water partition coefficient (Wildman–Crippen LogP) is 3.46. The van der Waals surface area contributed by atoms with E-state index in [4.69, 9.17) is 17.0 Å². The summed E-state index contributed by atoms with van der Waals surface area (Å²) >= 11 is 6.85. The summed E-state index contributed by atoms with van der Waals surface area (Å²) in [7, 11) is 1.39. The molecule has 1 fully saturated rings. The van der Waals surface area contributed by atoms with E-state index in [0.29, 0.717) is 16.7 Å². The zero-order chi connectivity index (χ0) is 14.5. The van der Waals surface area contributed by atoms with E-state index in [0.717, 1.165) is 22.7 Å². The van der Waals surface area contributed by atoms with Gasteiger partial charge in [0.25, 0.3) is 0 Å². The van der Waals surface area contributed by atoms with Crippen LogP contribution in [0.5, 0.6) is 0 Å². The number of hydrogen-bond donors (Lipinski definition) is 2. The molecule has 110 valence electrons. The normalized spacial score (nSPS) is 15.7. The van der Waals surface area contributed by atoms with E-state index < -0.39 is 0 Å². The van der Waals surface area contributed by atoms with Crippen molar-refractivity contribution >= 4 is 39.6 Å². The Labute approximate surface area is 128 Å². The second kappa shape index (κ2) is 7.04. The minimum Gasteiger partial charge on any atom is -0.465 e. The Morgan fingerprint density at radius 2 is 2.10 bits per heavy atom. The smallest absolute Gasteiger partial charge is 0.340 e. The van der Waals surface area contributed by atoms with Gasteiger partial charge < -0.3 is 15.4 Å². The van der Waals surface area contributed by atoms with Crippen molar-refractivity contribution in [3.8, 4) is 0 Å². The molecule has 1 heterocycles. The minimum absolute atomic E-state index is 0.336. The van der Waals surface area contributed by atoms with Gasteiger partial charge in [-0.25, -0.2) is 4.79 Å². The number of hydrogen-bond acceptors (Lipinski definition) is 4. The third kappa shape index (κ3) is 3.93. The van der Waals surface area contributed by atoms with Crippen LogP contribution < -0.4 is 10.6 Å². The molecule has 0 radical (unpaired) electrons. The van der Waals surface area contributed by atoms with Crippen molar-refractivity contribution in [2.24, 2.45) is 0 Å². The van der Waals surface area contributed by atoms with Gasteiger partial charge in [0.2, 0.25) is 0 Å². The molecule has 20 heavy (non-hydrogen) atoms. The quantitative estimate of drug-likeness (QED) is 0.661. The van der Waals surface area contributed by atoms with E-state index in [2.05, 4.69) is 10.6 Å². The van der Waals surface area contributed by atoms with Crippen LogP contribution in [0.4, 0.5) is 5.00 Å². The van der Waals surface area contributed by atoms with Crippen LogP contribution in [0.25, 0.3) is 0 Å². The van der Waals surface area contributed by atoms with Gasteiger partial charge in [0, 0.05) is 10.9 Å². The van der Waals surface area contributed by atoms with Crippen molar-refractivity contribution in [2.45, 2.75) is 45.1 Å². The van der Waals surface area contributed by atoms with Crippen LogP contribution in [-0.2, 0) is 4.74 Å². The second-order valence-electron chi connectivity index (χ2n) is 5.02. The largest absolute Gasteiger partial charge is 0.465 e. The van der Waals surface area contributed by atoms with Gasteiger partial charge >= 0.3 is 5.97 Å². The maximum Gasteiger partial charge on any atom is 0.340 e. The Balaban J connectivity index is 1.98. The van der Waals surface area contributed by atoms with Crippen molar-refractivity contribution in [3.05, 3.63) is 16.5 Å². The van der Waals surface area contributed by atoms with Crippen molar-refractivity contribution < 1.29 is 9.53 Å². The lowest BCUT2D eigenvalue weighted by Gasteiger charge is -2.24. The first-order chi connectivity index (χ1) is 9.60. The summed E-state index contributed by atoms with van der Waals surface area (Å²) in [4.78, 5) is 12.7. The number of nitrogens with one attached hydrogen (secondary N) is 2. The van der Waals surface area contributed by atoms with Gasteiger partial charge in [-0.15, -0.1) is 11.3 Å². The minimum atomic E-state index is -0.336. The Kier molecular flexibility index (Phi) is 5.37. The van der Waals surface area contributed by atoms with Crippen LogP contribution in [-0.4, -0.2) is 24.2 Å². The molecule has 0 atom stereocenters. The summed E-state index contributed by atoms with van der Waals surface area (Å²) in [6.45, 7) is 1.96. The molecule has 0 saturated heterocycles. The zero-order valence-corrected chi connectivity index (χ0v) is 13.5. The molecule has 1 aliphatic carbocycles. The molecule has 2 N–H and O–H groups in total. The van der Waals surface area contributed by atoms with E-state index in [1.165, 1.54) is 37.7 Å². The highest BCUT2D eigenvalue weighted by Gasteiger charge is 2.18. The van der Waals surface area contributed by atoms with Crippen molar-refractivity contribution in [3.63, 3.8) is 0 Å². The fourth-order valence-electron chi connectivity index (χ4n) is 2.44. The lowest BCUT2D eigenvalue weighted by Crippen LogP contribution is -2.38. The summed E-state index contributed by atoms with van der Waals surface area (Å²) in [6.07, 6.45) is 6.15. The summed E-state index contributed by atoms with van der Waals surface area (Å²) < 4.78 is 4.79. The van der Waals surface area contributed by atoms with Gasteiger partial charge in [-0.3, -0.25) is 0 Å². The first-order valence-electron chi connectivity index (χ1n) is 6.86. The number of rotatable bonds is 3. The number of aryl methyl sites for hydroxylation is 1. The number of carbonyl (C=O) groups is 1. The highest BCUT2D eigenvalue weighted by atomic mass is 32.1. The van der Waals surface area contributed by atoms with Crippen LogP contribution >= 0.6 is 23.6 Å². The van der Waals surface area contributed by atoms with Gasteiger partial charge in [-0.05, 0) is 38.0 Å². The second-order valence-corrected chi connectivity index (χ2v) is 6.69. The molecule has 1 aliphatic rings. The average Bonchev–Trinajstić information content (AvgIpc) is 2.79. The standard InChI is InChI=1S/C14H20N2O2S2/c1-9-8-11(13(17)18-2)12(20-9)16-14(19)15-10-6-4-3-5-7-10/h8,10H,3-7H2,1-2H3,(H2,15,16,19). The molecule has 0 aromatic carbocycles. The topological polar surface area (TPSA) is 50.4 Å². The fraction of sp³-hybridized carbons (Fsp3) is 0.571. The number of methoxy groups -OCH3 is 1. The van der Waals surface area contributed by atoms with Gasteiger partial charge in [-0.2, -0.15) is 0 Å². The van der Waals surface area contributed by atoms with Crippen LogP contribution in [0.3, 0.4) is 0 Å². The molecule has 1 saturated carbocycles. The SMILES string of the molecule is COC(=O)c1cc(C)sc1NC(=S)NC1CCCCC1. The first kappa shape index (κ1) is 15.3. The van der Waals surface area contributed by atoms with Crippen LogP contribution in [0.15, 0.2) is 6.07 Å². The molecular formula is C14H20N2O2S2. The molecule has 1 aromatic rings. The Hall–Kier alpha value is -1.14. The number of thiophene rings is 1. The molecule has 1 aromatic heterocycles. The highest BCUT2D eigenvalue weighted by molar-refractivity contribution is 7.80. The van der Waals surface area contributed by atoms with Gasteiger partial charge in [0.05, 0.1) is 12.7 Å². The number of thiocarbonyl (C=S) groups is 1. The molecule has 6 heteroatoms. The van der Waals surface area contributed by atoms with Gasteiger partial charge in [0.15, 0.2) is 5.11 Å². The Morgan fingerprint density at radius 3 is 2.75 bits per heavy atom. The average molecular weight is 312 g/mol. The molecule has 0 bridgehead atoms. The molecule has 0 spiro atoms. The molecular weight excluding hydrogens is 292 g/mol. The first-order valence-corrected chi connectivity index (χ1v) is 8.09. The third-order valence-electron chi connectivity index (χ3n) is 3.43.